The minimum Gasteiger partial charge on any atom is -0.152 e. The molecule has 0 bridgehead atoms. The largest absolute Gasteiger partial charge is 0.152 e. The van der Waals surface area contributed by atoms with E-state index >= 15 is 0 Å². The fourth-order valence-corrected chi connectivity index (χ4v) is 4.46. The second kappa shape index (κ2) is 17.2. The monoisotopic (exact) mass is 440 g/mol. The third-order valence-electron chi connectivity index (χ3n) is 5.95. The van der Waals surface area contributed by atoms with E-state index in [9.17, 15) is 0 Å². The molecule has 0 spiro atoms. The lowest BCUT2D eigenvalue weighted by molar-refractivity contribution is 0.554. The fraction of sp³-hybridized carbons (Fsp3) is 0.600. The molecule has 0 unspecified atom stereocenters. The first-order valence-electron chi connectivity index (χ1n) is 12.5. The maximum atomic E-state index is 2.46. The average molecular weight is 441 g/mol. The molecule has 1 rings (SSSR count). The highest BCUT2D eigenvalue weighted by Crippen LogP contribution is 2.16. The van der Waals surface area contributed by atoms with E-state index in [1.807, 2.05) is 0 Å². The molecular weight excluding hydrogens is 392 g/mol. The Labute approximate surface area is 198 Å². The van der Waals surface area contributed by atoms with Crippen LogP contribution in [-0.2, 0) is 6.42 Å². The van der Waals surface area contributed by atoms with Gasteiger partial charge in [-0.05, 0) is 120 Å². The van der Waals surface area contributed by atoms with Crippen molar-refractivity contribution in [1.29, 1.82) is 0 Å². The van der Waals surface area contributed by atoms with Gasteiger partial charge in [0.1, 0.15) is 0 Å². The highest BCUT2D eigenvalue weighted by Gasteiger charge is 1.97. The maximum absolute atomic E-state index is 2.46. The van der Waals surface area contributed by atoms with E-state index in [2.05, 4.69) is 82.7 Å². The van der Waals surface area contributed by atoms with Crippen LogP contribution in [0.15, 0.2) is 63.4 Å². The molecule has 0 aromatic carbocycles. The third kappa shape index (κ3) is 16.0. The Hall–Kier alpha value is -1.34. The van der Waals surface area contributed by atoms with Crippen LogP contribution in [0.25, 0.3) is 0 Å². The van der Waals surface area contributed by atoms with E-state index < -0.39 is 0 Å². The van der Waals surface area contributed by atoms with Crippen molar-refractivity contribution in [2.24, 2.45) is 5.92 Å². The van der Waals surface area contributed by atoms with Crippen LogP contribution in [0.1, 0.15) is 111 Å². The molecule has 0 aliphatic rings. The predicted molar refractivity (Wildman–Crippen MR) is 144 cm³/mol. The summed E-state index contributed by atoms with van der Waals surface area (Å²) in [5, 5.41) is 4.43. The highest BCUT2D eigenvalue weighted by molar-refractivity contribution is 7.07. The molecule has 1 aromatic rings. The van der Waals surface area contributed by atoms with Gasteiger partial charge in [0.15, 0.2) is 0 Å². The van der Waals surface area contributed by atoms with Gasteiger partial charge in [0.25, 0.3) is 0 Å². The van der Waals surface area contributed by atoms with Crippen LogP contribution >= 0.6 is 11.3 Å². The molecule has 0 saturated heterocycles. The van der Waals surface area contributed by atoms with Gasteiger partial charge in [0.2, 0.25) is 0 Å². The summed E-state index contributed by atoms with van der Waals surface area (Å²) in [6, 6.07) is 2.24. The van der Waals surface area contributed by atoms with E-state index in [4.69, 9.17) is 0 Å². The topological polar surface area (TPSA) is 0 Å². The standard InChI is InChI=1S/C30H48S/c1-25(2)12-7-13-26(3)14-8-15-27(4)16-9-17-28(5)18-10-19-29(6)20-11-21-30-22-23-31-24-30/h14,16,18,20,22-25H,7-13,15,17,19,21H2,1-6H3. The minimum atomic E-state index is 0.831. The Morgan fingerprint density at radius 3 is 1.68 bits per heavy atom. The summed E-state index contributed by atoms with van der Waals surface area (Å²) in [4.78, 5) is 0. The minimum absolute atomic E-state index is 0.831. The van der Waals surface area contributed by atoms with E-state index in [0.29, 0.717) is 0 Å². The Kier molecular flexibility index (Phi) is 15.4. The molecule has 0 atom stereocenters. The first-order chi connectivity index (χ1) is 14.9. The van der Waals surface area contributed by atoms with Crippen LogP contribution in [0.4, 0.5) is 0 Å². The van der Waals surface area contributed by atoms with Gasteiger partial charge in [-0.3, -0.25) is 0 Å². The lowest BCUT2D eigenvalue weighted by Crippen LogP contribution is -1.88. The van der Waals surface area contributed by atoms with Gasteiger partial charge < -0.3 is 0 Å². The van der Waals surface area contributed by atoms with E-state index in [-0.39, 0.29) is 0 Å². The third-order valence-corrected chi connectivity index (χ3v) is 6.68. The number of hydrogen-bond acceptors (Lipinski definition) is 1. The second-order valence-corrected chi connectivity index (χ2v) is 10.6. The zero-order valence-electron chi connectivity index (χ0n) is 21.3. The van der Waals surface area contributed by atoms with Gasteiger partial charge in [0, 0.05) is 0 Å². The SMILES string of the molecule is CC(=CCCC(C)=CCCc1ccsc1)CCC=C(C)CCC=C(C)CCCC(C)C. The van der Waals surface area contributed by atoms with Gasteiger partial charge in [-0.2, -0.15) is 11.3 Å². The van der Waals surface area contributed by atoms with Crippen LogP contribution in [0, 0.1) is 5.92 Å². The van der Waals surface area contributed by atoms with Crippen LogP contribution in [0.2, 0.25) is 0 Å². The predicted octanol–water partition coefficient (Wildman–Crippen LogP) is 10.6. The lowest BCUT2D eigenvalue weighted by Gasteiger charge is -2.05. The molecule has 0 amide bonds. The molecule has 0 radical (unpaired) electrons. The molecule has 0 fully saturated rings. The number of rotatable bonds is 16. The summed E-state index contributed by atoms with van der Waals surface area (Å²) >= 11 is 1.80. The van der Waals surface area contributed by atoms with Crippen molar-refractivity contribution < 1.29 is 0 Å². The van der Waals surface area contributed by atoms with Crippen LogP contribution in [0.5, 0.6) is 0 Å². The van der Waals surface area contributed by atoms with Gasteiger partial charge in [-0.25, -0.2) is 0 Å². The van der Waals surface area contributed by atoms with Crippen molar-refractivity contribution in [1.82, 2.24) is 0 Å². The van der Waals surface area contributed by atoms with Crippen molar-refractivity contribution in [2.75, 3.05) is 0 Å². The molecule has 0 nitrogen and oxygen atoms in total. The first-order valence-corrected chi connectivity index (χ1v) is 13.4. The average Bonchev–Trinajstić information content (AvgIpc) is 3.21. The zero-order valence-corrected chi connectivity index (χ0v) is 22.1. The fourth-order valence-electron chi connectivity index (χ4n) is 3.76. The highest BCUT2D eigenvalue weighted by atomic mass is 32.1. The molecule has 0 saturated carbocycles. The van der Waals surface area contributed by atoms with Crippen molar-refractivity contribution >= 4 is 11.3 Å². The molecule has 1 aromatic heterocycles. The molecule has 1 heterocycles. The first kappa shape index (κ1) is 27.7. The summed E-state index contributed by atoms with van der Waals surface area (Å²) < 4.78 is 0. The van der Waals surface area contributed by atoms with E-state index in [1.165, 1.54) is 87.3 Å². The Morgan fingerprint density at radius 1 is 0.742 bits per heavy atom. The Bertz CT molecular complexity index is 695. The summed E-state index contributed by atoms with van der Waals surface area (Å²) in [5.41, 5.74) is 7.66. The van der Waals surface area contributed by atoms with Crippen LogP contribution in [-0.4, -0.2) is 0 Å². The number of aryl methyl sites for hydroxylation is 1. The van der Waals surface area contributed by atoms with Gasteiger partial charge in [-0.15, -0.1) is 0 Å². The smallest absolute Gasteiger partial charge is 0.00611 e. The van der Waals surface area contributed by atoms with Crippen molar-refractivity contribution in [2.45, 2.75) is 112 Å². The molecule has 0 aliphatic carbocycles. The number of allylic oxidation sites excluding steroid dienone is 8. The van der Waals surface area contributed by atoms with E-state index in [1.54, 1.807) is 22.5 Å². The van der Waals surface area contributed by atoms with Crippen LogP contribution < -0.4 is 0 Å². The number of thiophene rings is 1. The lowest BCUT2D eigenvalue weighted by atomic mass is 10.0. The molecule has 0 N–H and O–H groups in total. The number of hydrogen-bond donors (Lipinski definition) is 0. The zero-order chi connectivity index (χ0) is 22.9. The normalized spacial score (nSPS) is 14.0. The molecule has 1 heteroatoms. The van der Waals surface area contributed by atoms with Gasteiger partial charge >= 0.3 is 0 Å². The van der Waals surface area contributed by atoms with Gasteiger partial charge in [-0.1, -0.05) is 66.9 Å². The molecule has 0 aliphatic heterocycles. The van der Waals surface area contributed by atoms with Crippen molar-refractivity contribution in [3.05, 3.63) is 69.0 Å². The Balaban J connectivity index is 2.17. The molecule has 174 valence electrons. The summed E-state index contributed by atoms with van der Waals surface area (Å²) in [7, 11) is 0. The van der Waals surface area contributed by atoms with Crippen molar-refractivity contribution in [3.63, 3.8) is 0 Å². The molecule has 31 heavy (non-hydrogen) atoms. The maximum Gasteiger partial charge on any atom is -0.00611 e. The quantitative estimate of drug-likeness (QED) is 0.224. The second-order valence-electron chi connectivity index (χ2n) is 9.77. The molecular formula is C30H48S. The summed E-state index contributed by atoms with van der Waals surface area (Å²) in [5.74, 6) is 0.831. The van der Waals surface area contributed by atoms with Crippen molar-refractivity contribution in [3.8, 4) is 0 Å². The van der Waals surface area contributed by atoms with Gasteiger partial charge in [0.05, 0.1) is 0 Å². The summed E-state index contributed by atoms with van der Waals surface area (Å²) in [6.45, 7) is 13.8. The Morgan fingerprint density at radius 2 is 1.23 bits per heavy atom. The summed E-state index contributed by atoms with van der Waals surface area (Å²) in [6.07, 6.45) is 23.2. The van der Waals surface area contributed by atoms with E-state index in [0.717, 1.165) is 5.92 Å². The van der Waals surface area contributed by atoms with Crippen LogP contribution in [0.3, 0.4) is 0 Å².